The average molecular weight is 630 g/mol. The van der Waals surface area contributed by atoms with Gasteiger partial charge in [-0.15, -0.1) is 0 Å². The van der Waals surface area contributed by atoms with Gasteiger partial charge in [0.25, 0.3) is 0 Å². The van der Waals surface area contributed by atoms with Crippen molar-refractivity contribution >= 4 is 22.5 Å². The lowest BCUT2D eigenvalue weighted by Crippen LogP contribution is -2.32. The van der Waals surface area contributed by atoms with Gasteiger partial charge in [-0.2, -0.15) is 0 Å². The molecule has 0 saturated carbocycles. The molecule has 0 fully saturated rings. The summed E-state index contributed by atoms with van der Waals surface area (Å²) < 4.78 is 0. The topological polar surface area (TPSA) is 38.7 Å². The van der Waals surface area contributed by atoms with Crippen molar-refractivity contribution in [3.05, 3.63) is 186 Å². The molecule has 8 aromatic rings. The quantitative estimate of drug-likeness (QED) is 0.195. The number of fused-ring (bicyclic) bond motifs is 10. The largest absolute Gasteiger partial charge is 0.263 e. The Kier molecular flexibility index (Phi) is 6.02. The molecule has 0 unspecified atom stereocenters. The first-order valence-electron chi connectivity index (χ1n) is 16.2. The zero-order valence-corrected chi connectivity index (χ0v) is 26.7. The fourth-order valence-electron chi connectivity index (χ4n) is 7.83. The van der Waals surface area contributed by atoms with Crippen LogP contribution in [0.2, 0.25) is 0 Å². The lowest BCUT2D eigenvalue weighted by atomic mass is 9.67. The molecule has 0 atom stereocenters. The highest BCUT2D eigenvalue weighted by molar-refractivity contribution is 7.99. The van der Waals surface area contributed by atoms with Gasteiger partial charge in [0.15, 0.2) is 5.82 Å². The molecule has 2 aliphatic rings. The second-order valence-electron chi connectivity index (χ2n) is 12.4. The van der Waals surface area contributed by atoms with Gasteiger partial charge in [0, 0.05) is 50.5 Å². The normalized spacial score (nSPS) is 13.5. The van der Waals surface area contributed by atoms with E-state index in [0.717, 1.165) is 33.6 Å². The SMILES string of the molecule is c1ccc(-c2ccnc(-c3ccc4c(c3)Sc3cc(-c5cncc6ccccc56)ccc3C43c4ccccc4-c4ccccc43)n2)cc1. The molecule has 224 valence electrons. The van der Waals surface area contributed by atoms with Crippen molar-refractivity contribution in [2.24, 2.45) is 0 Å². The molecule has 1 spiro atoms. The van der Waals surface area contributed by atoms with Crippen LogP contribution in [0.5, 0.6) is 0 Å². The van der Waals surface area contributed by atoms with Crippen molar-refractivity contribution in [3.8, 4) is 44.9 Å². The Balaban J connectivity index is 1.22. The molecule has 4 heteroatoms. The maximum absolute atomic E-state index is 5.02. The second kappa shape index (κ2) is 10.6. The Morgan fingerprint density at radius 3 is 1.90 bits per heavy atom. The van der Waals surface area contributed by atoms with Crippen LogP contribution < -0.4 is 0 Å². The smallest absolute Gasteiger partial charge is 0.159 e. The Morgan fingerprint density at radius 2 is 1.12 bits per heavy atom. The number of aromatic nitrogens is 3. The summed E-state index contributed by atoms with van der Waals surface area (Å²) in [5.41, 5.74) is 12.7. The van der Waals surface area contributed by atoms with E-state index in [2.05, 4.69) is 126 Å². The van der Waals surface area contributed by atoms with Crippen molar-refractivity contribution in [1.29, 1.82) is 0 Å². The van der Waals surface area contributed by atoms with Crippen LogP contribution in [0.1, 0.15) is 22.3 Å². The summed E-state index contributed by atoms with van der Waals surface area (Å²) in [6.45, 7) is 0. The molecule has 10 rings (SSSR count). The number of hydrogen-bond acceptors (Lipinski definition) is 4. The molecule has 0 N–H and O–H groups in total. The van der Waals surface area contributed by atoms with Gasteiger partial charge in [0.05, 0.1) is 11.1 Å². The van der Waals surface area contributed by atoms with E-state index in [-0.39, 0.29) is 0 Å². The van der Waals surface area contributed by atoms with E-state index < -0.39 is 5.41 Å². The van der Waals surface area contributed by atoms with Crippen molar-refractivity contribution < 1.29 is 0 Å². The van der Waals surface area contributed by atoms with E-state index in [0.29, 0.717) is 0 Å². The molecule has 6 aromatic carbocycles. The number of pyridine rings is 1. The summed E-state index contributed by atoms with van der Waals surface area (Å²) in [6.07, 6.45) is 5.80. The summed E-state index contributed by atoms with van der Waals surface area (Å²) in [4.78, 5) is 16.9. The van der Waals surface area contributed by atoms with E-state index in [9.17, 15) is 0 Å². The summed E-state index contributed by atoms with van der Waals surface area (Å²) in [5, 5.41) is 2.35. The fourth-order valence-corrected chi connectivity index (χ4v) is 9.10. The molecule has 0 radical (unpaired) electrons. The first-order chi connectivity index (χ1) is 23.8. The molecular formula is C44H27N3S. The minimum atomic E-state index is -0.454. The fraction of sp³-hybridized carbons (Fsp3) is 0.0227. The van der Waals surface area contributed by atoms with Gasteiger partial charge in [-0.3, -0.25) is 4.98 Å². The zero-order chi connectivity index (χ0) is 31.7. The average Bonchev–Trinajstić information content (AvgIpc) is 3.45. The Morgan fingerprint density at radius 1 is 0.479 bits per heavy atom. The monoisotopic (exact) mass is 629 g/mol. The summed E-state index contributed by atoms with van der Waals surface area (Å²) in [5.74, 6) is 0.724. The van der Waals surface area contributed by atoms with Crippen molar-refractivity contribution in [1.82, 2.24) is 15.0 Å². The van der Waals surface area contributed by atoms with Gasteiger partial charge >= 0.3 is 0 Å². The maximum atomic E-state index is 5.02. The van der Waals surface area contributed by atoms with Gasteiger partial charge in [0.1, 0.15) is 0 Å². The Labute approximate surface area is 283 Å². The lowest BCUT2D eigenvalue weighted by Gasteiger charge is -2.40. The van der Waals surface area contributed by atoms with Crippen LogP contribution in [0, 0.1) is 0 Å². The molecule has 1 aliphatic heterocycles. The number of nitrogens with zero attached hydrogens (tertiary/aromatic N) is 3. The van der Waals surface area contributed by atoms with E-state index in [1.807, 2.05) is 54.6 Å². The third-order valence-electron chi connectivity index (χ3n) is 9.91. The second-order valence-corrected chi connectivity index (χ2v) is 13.5. The number of rotatable bonds is 3. The maximum Gasteiger partial charge on any atom is 0.159 e. The van der Waals surface area contributed by atoms with Crippen molar-refractivity contribution in [2.75, 3.05) is 0 Å². The minimum absolute atomic E-state index is 0.454. The molecule has 0 amide bonds. The predicted molar refractivity (Wildman–Crippen MR) is 195 cm³/mol. The summed E-state index contributed by atoms with van der Waals surface area (Å²) in [7, 11) is 0. The van der Waals surface area contributed by atoms with Crippen LogP contribution in [0.3, 0.4) is 0 Å². The highest BCUT2D eigenvalue weighted by atomic mass is 32.2. The molecule has 1 aliphatic carbocycles. The molecule has 3 heterocycles. The third-order valence-corrected chi connectivity index (χ3v) is 11.0. The van der Waals surface area contributed by atoms with Gasteiger partial charge in [0.2, 0.25) is 0 Å². The lowest BCUT2D eigenvalue weighted by molar-refractivity contribution is 0.723. The Bertz CT molecular complexity index is 2510. The first-order valence-corrected chi connectivity index (χ1v) is 17.0. The highest BCUT2D eigenvalue weighted by Gasteiger charge is 2.50. The van der Waals surface area contributed by atoms with Gasteiger partial charge in [-0.05, 0) is 62.5 Å². The van der Waals surface area contributed by atoms with Crippen LogP contribution in [0.25, 0.3) is 55.7 Å². The van der Waals surface area contributed by atoms with Crippen LogP contribution >= 0.6 is 11.8 Å². The van der Waals surface area contributed by atoms with E-state index in [1.165, 1.54) is 54.1 Å². The summed E-state index contributed by atoms with van der Waals surface area (Å²) in [6, 6.07) is 52.5. The van der Waals surface area contributed by atoms with Crippen LogP contribution in [-0.4, -0.2) is 15.0 Å². The zero-order valence-electron chi connectivity index (χ0n) is 25.8. The van der Waals surface area contributed by atoms with Gasteiger partial charge in [-0.25, -0.2) is 9.97 Å². The van der Waals surface area contributed by atoms with E-state index in [4.69, 9.17) is 9.97 Å². The minimum Gasteiger partial charge on any atom is -0.263 e. The van der Waals surface area contributed by atoms with Gasteiger partial charge in [-0.1, -0.05) is 139 Å². The molecular weight excluding hydrogens is 603 g/mol. The first kappa shape index (κ1) is 27.3. The highest BCUT2D eigenvalue weighted by Crippen LogP contribution is 2.62. The predicted octanol–water partition coefficient (Wildman–Crippen LogP) is 10.9. The Hall–Kier alpha value is -5.84. The van der Waals surface area contributed by atoms with Crippen molar-refractivity contribution in [3.63, 3.8) is 0 Å². The van der Waals surface area contributed by atoms with Crippen LogP contribution in [-0.2, 0) is 5.41 Å². The standard InChI is InChI=1S/C44H27N3S/c1-2-10-28(11-3-1)40-22-23-46-43(47-40)30-19-21-39-42(25-30)48-41-24-29(35-27-45-26-31-12-4-5-13-32(31)35)18-20-38(41)44(39)36-16-8-6-14-33(36)34-15-7-9-17-37(34)44/h1-27H. The molecule has 0 bridgehead atoms. The molecule has 2 aromatic heterocycles. The number of benzene rings is 6. The van der Waals surface area contributed by atoms with Gasteiger partial charge < -0.3 is 0 Å². The van der Waals surface area contributed by atoms with Crippen LogP contribution in [0.15, 0.2) is 174 Å². The van der Waals surface area contributed by atoms with E-state index in [1.54, 1.807) is 0 Å². The van der Waals surface area contributed by atoms with E-state index >= 15 is 0 Å². The molecule has 0 saturated heterocycles. The molecule has 3 nitrogen and oxygen atoms in total. The summed E-state index contributed by atoms with van der Waals surface area (Å²) >= 11 is 1.84. The molecule has 48 heavy (non-hydrogen) atoms. The third kappa shape index (κ3) is 3.93. The van der Waals surface area contributed by atoms with Crippen molar-refractivity contribution in [2.45, 2.75) is 15.2 Å². The number of hydrogen-bond donors (Lipinski definition) is 0. The van der Waals surface area contributed by atoms with Crippen LogP contribution in [0.4, 0.5) is 0 Å².